The van der Waals surface area contributed by atoms with Gasteiger partial charge in [0.25, 0.3) is 5.91 Å². The van der Waals surface area contributed by atoms with Crippen LogP contribution in [0.2, 0.25) is 0 Å². The number of para-hydroxylation sites is 1. The molecule has 0 aromatic heterocycles. The zero-order valence-electron chi connectivity index (χ0n) is 9.00. The summed E-state index contributed by atoms with van der Waals surface area (Å²) in [7, 11) is 0. The van der Waals surface area contributed by atoms with E-state index in [-0.39, 0.29) is 43.2 Å². The number of guanidine groups is 1. The number of benzene rings is 1. The number of hydrogen-bond acceptors (Lipinski definition) is 4. The number of aliphatic imine (C=N–C) groups is 1. The molecule has 1 aliphatic rings. The molecule has 5 nitrogen and oxygen atoms in total. The van der Waals surface area contributed by atoms with Gasteiger partial charge in [0, 0.05) is 12.2 Å². The van der Waals surface area contributed by atoms with Crippen LogP contribution >= 0.6 is 24.8 Å². The van der Waals surface area contributed by atoms with Gasteiger partial charge in [0.2, 0.25) is 0 Å². The number of rotatable bonds is 2. The summed E-state index contributed by atoms with van der Waals surface area (Å²) in [5.41, 5.74) is 13.0. The van der Waals surface area contributed by atoms with Gasteiger partial charge in [-0.25, -0.2) is 0 Å². The highest BCUT2D eigenvalue weighted by atomic mass is 35.5. The third kappa shape index (κ3) is 3.51. The Morgan fingerprint density at radius 1 is 1.24 bits per heavy atom. The van der Waals surface area contributed by atoms with Crippen LogP contribution in [-0.2, 0) is 11.3 Å². The first-order valence-electron chi connectivity index (χ1n) is 4.62. The molecule has 1 aromatic rings. The Balaban J connectivity index is 0.00000128. The minimum atomic E-state index is -0.206. The van der Waals surface area contributed by atoms with E-state index in [9.17, 15) is 4.79 Å². The summed E-state index contributed by atoms with van der Waals surface area (Å²) >= 11 is 0. The van der Waals surface area contributed by atoms with E-state index < -0.39 is 0 Å². The third-order valence-corrected chi connectivity index (χ3v) is 2.31. The number of nitrogen functional groups attached to an aromatic ring is 1. The second kappa shape index (κ2) is 6.32. The van der Waals surface area contributed by atoms with Crippen molar-refractivity contribution in [2.45, 2.75) is 6.54 Å². The maximum absolute atomic E-state index is 11.0. The first kappa shape index (κ1) is 15.5. The first-order valence-corrected chi connectivity index (χ1v) is 4.62. The monoisotopic (exact) mass is 276 g/mol. The molecule has 0 bridgehead atoms. The number of carbonyl (C=O) groups excluding carboxylic acids is 1. The van der Waals surface area contributed by atoms with Crippen LogP contribution in [0.1, 0.15) is 5.56 Å². The minimum absolute atomic E-state index is 0. The number of anilines is 1. The highest BCUT2D eigenvalue weighted by Crippen LogP contribution is 2.14. The topological polar surface area (TPSA) is 84.7 Å². The van der Waals surface area contributed by atoms with Crippen molar-refractivity contribution in [1.82, 2.24) is 4.90 Å². The summed E-state index contributed by atoms with van der Waals surface area (Å²) in [6, 6.07) is 7.49. The molecule has 0 atom stereocenters. The van der Waals surface area contributed by atoms with Gasteiger partial charge in [-0.15, -0.1) is 24.8 Å². The lowest BCUT2D eigenvalue weighted by Crippen LogP contribution is -2.33. The van der Waals surface area contributed by atoms with E-state index in [2.05, 4.69) is 4.99 Å². The van der Waals surface area contributed by atoms with Crippen LogP contribution < -0.4 is 11.5 Å². The lowest BCUT2D eigenvalue weighted by molar-refractivity contribution is -0.117. The van der Waals surface area contributed by atoms with Crippen LogP contribution in [0.25, 0.3) is 0 Å². The zero-order chi connectivity index (χ0) is 10.8. The summed E-state index contributed by atoms with van der Waals surface area (Å²) in [6.45, 7) is 0.758. The van der Waals surface area contributed by atoms with Crippen LogP contribution in [-0.4, -0.2) is 23.3 Å². The average Bonchev–Trinajstić information content (AvgIpc) is 2.49. The Morgan fingerprint density at radius 3 is 2.41 bits per heavy atom. The van der Waals surface area contributed by atoms with Gasteiger partial charge in [-0.3, -0.25) is 4.79 Å². The predicted molar refractivity (Wildman–Crippen MR) is 72.4 cm³/mol. The third-order valence-electron chi connectivity index (χ3n) is 2.31. The molecule has 4 N–H and O–H groups in total. The molecule has 0 saturated carbocycles. The molecule has 0 spiro atoms. The number of halogens is 2. The largest absolute Gasteiger partial charge is 0.398 e. The van der Waals surface area contributed by atoms with Crippen LogP contribution in [0.4, 0.5) is 5.69 Å². The summed E-state index contributed by atoms with van der Waals surface area (Å²) in [4.78, 5) is 16.3. The highest BCUT2D eigenvalue weighted by Gasteiger charge is 2.20. The van der Waals surface area contributed by atoms with Gasteiger partial charge in [0.1, 0.15) is 6.54 Å². The second-order valence-corrected chi connectivity index (χ2v) is 3.42. The number of nitrogens with zero attached hydrogens (tertiary/aromatic N) is 2. The molecule has 1 aromatic carbocycles. The van der Waals surface area contributed by atoms with Crippen molar-refractivity contribution in [1.29, 1.82) is 0 Å². The smallest absolute Gasteiger partial charge is 0.268 e. The van der Waals surface area contributed by atoms with E-state index in [1.54, 1.807) is 4.90 Å². The Labute approximate surface area is 112 Å². The van der Waals surface area contributed by atoms with E-state index in [1.165, 1.54) is 0 Å². The lowest BCUT2D eigenvalue weighted by Gasteiger charge is -2.17. The maximum atomic E-state index is 11.0. The standard InChI is InChI=1S/C10H12N4O.2ClH/c11-8-4-2-1-3-7(8)5-14-6-9(15)13-10(14)12;;/h1-4H,5-6,11H2,(H2,12,13,15);2*1H. The molecule has 7 heteroatoms. The predicted octanol–water partition coefficient (Wildman–Crippen LogP) is 0.769. The summed E-state index contributed by atoms with van der Waals surface area (Å²) < 4.78 is 0. The quantitative estimate of drug-likeness (QED) is 0.782. The average molecular weight is 277 g/mol. The van der Waals surface area contributed by atoms with Gasteiger partial charge < -0.3 is 16.4 Å². The number of hydrogen-bond donors (Lipinski definition) is 2. The fourth-order valence-electron chi connectivity index (χ4n) is 1.50. The van der Waals surface area contributed by atoms with E-state index in [0.29, 0.717) is 12.2 Å². The Morgan fingerprint density at radius 2 is 1.88 bits per heavy atom. The molecule has 2 rings (SSSR count). The van der Waals surface area contributed by atoms with Gasteiger partial charge >= 0.3 is 0 Å². The fourth-order valence-corrected chi connectivity index (χ4v) is 1.50. The van der Waals surface area contributed by atoms with Crippen LogP contribution in [0, 0.1) is 0 Å². The molecule has 0 fully saturated rings. The van der Waals surface area contributed by atoms with Crippen molar-refractivity contribution in [3.8, 4) is 0 Å². The highest BCUT2D eigenvalue weighted by molar-refractivity contribution is 5.99. The van der Waals surface area contributed by atoms with Crippen molar-refractivity contribution in [3.63, 3.8) is 0 Å². The first-order chi connectivity index (χ1) is 7.16. The van der Waals surface area contributed by atoms with E-state index in [1.807, 2.05) is 24.3 Å². The van der Waals surface area contributed by atoms with Gasteiger partial charge in [0.05, 0.1) is 0 Å². The van der Waals surface area contributed by atoms with Crippen molar-refractivity contribution in [2.24, 2.45) is 10.7 Å². The molecule has 0 unspecified atom stereocenters. The van der Waals surface area contributed by atoms with Gasteiger partial charge in [0.15, 0.2) is 5.96 Å². The summed E-state index contributed by atoms with van der Waals surface area (Å²) in [6.07, 6.45) is 0. The van der Waals surface area contributed by atoms with E-state index >= 15 is 0 Å². The normalized spacial score (nSPS) is 13.8. The summed E-state index contributed by atoms with van der Waals surface area (Å²) in [5, 5.41) is 0. The SMILES string of the molecule is Cl.Cl.NC1=NC(=O)CN1Cc1ccccc1N. The number of carbonyl (C=O) groups is 1. The Hall–Kier alpha value is -1.46. The Kier molecular flexibility index (Phi) is 5.78. The number of amides is 1. The van der Waals surface area contributed by atoms with Crippen LogP contribution in [0.5, 0.6) is 0 Å². The van der Waals surface area contributed by atoms with Crippen molar-refractivity contribution in [2.75, 3.05) is 12.3 Å². The van der Waals surface area contributed by atoms with E-state index in [0.717, 1.165) is 5.56 Å². The number of nitrogens with two attached hydrogens (primary N) is 2. The molecule has 94 valence electrons. The fraction of sp³-hybridized carbons (Fsp3) is 0.200. The molecule has 0 saturated heterocycles. The summed E-state index contributed by atoms with van der Waals surface area (Å²) in [5.74, 6) is 0.0604. The van der Waals surface area contributed by atoms with Gasteiger partial charge in [-0.1, -0.05) is 18.2 Å². The molecular weight excluding hydrogens is 263 g/mol. The molecule has 1 aliphatic heterocycles. The molecular formula is C10H14Cl2N4O. The maximum Gasteiger partial charge on any atom is 0.268 e. The molecule has 0 aliphatic carbocycles. The van der Waals surface area contributed by atoms with Crippen molar-refractivity contribution >= 4 is 42.4 Å². The molecule has 1 amide bonds. The minimum Gasteiger partial charge on any atom is -0.398 e. The van der Waals surface area contributed by atoms with Gasteiger partial charge in [-0.05, 0) is 11.6 Å². The second-order valence-electron chi connectivity index (χ2n) is 3.42. The lowest BCUT2D eigenvalue weighted by atomic mass is 10.2. The Bertz CT molecular complexity index is 436. The molecule has 1 heterocycles. The van der Waals surface area contributed by atoms with Gasteiger partial charge in [-0.2, -0.15) is 4.99 Å². The van der Waals surface area contributed by atoms with Crippen molar-refractivity contribution in [3.05, 3.63) is 29.8 Å². The van der Waals surface area contributed by atoms with Crippen molar-refractivity contribution < 1.29 is 4.79 Å². The van der Waals surface area contributed by atoms with E-state index in [4.69, 9.17) is 11.5 Å². The molecule has 17 heavy (non-hydrogen) atoms. The van der Waals surface area contributed by atoms with Crippen LogP contribution in [0.3, 0.4) is 0 Å². The van der Waals surface area contributed by atoms with Crippen LogP contribution in [0.15, 0.2) is 29.3 Å². The molecule has 0 radical (unpaired) electrons. The zero-order valence-corrected chi connectivity index (χ0v) is 10.6.